The van der Waals surface area contributed by atoms with Crippen LogP contribution in [0.5, 0.6) is 5.75 Å². The molecule has 0 saturated carbocycles. The quantitative estimate of drug-likeness (QED) is 0.871. The molecule has 18 heavy (non-hydrogen) atoms. The molecule has 2 unspecified atom stereocenters. The Morgan fingerprint density at radius 1 is 1.11 bits per heavy atom. The average Bonchev–Trinajstić information content (AvgIpc) is 2.38. The first-order chi connectivity index (χ1) is 8.63. The highest BCUT2D eigenvalue weighted by molar-refractivity contribution is 5.87. The van der Waals surface area contributed by atoms with Gasteiger partial charge in [-0.25, -0.2) is 0 Å². The van der Waals surface area contributed by atoms with Gasteiger partial charge in [-0.05, 0) is 30.7 Å². The van der Waals surface area contributed by atoms with E-state index < -0.39 is 6.10 Å². The molecule has 0 aliphatic rings. The highest BCUT2D eigenvalue weighted by Gasteiger charge is 2.14. The van der Waals surface area contributed by atoms with Crippen LogP contribution in [0.15, 0.2) is 36.4 Å². The van der Waals surface area contributed by atoms with Crippen LogP contribution in [0, 0.1) is 0 Å². The number of fused-ring (bicyclic) bond motifs is 1. The predicted octanol–water partition coefficient (Wildman–Crippen LogP) is 2.48. The number of hydrogen-bond acceptors (Lipinski definition) is 3. The maximum Gasteiger partial charge on any atom is 0.126 e. The zero-order valence-corrected chi connectivity index (χ0v) is 10.6. The van der Waals surface area contributed by atoms with E-state index in [0.717, 1.165) is 16.3 Å². The second-order valence-corrected chi connectivity index (χ2v) is 4.49. The molecule has 2 N–H and O–H groups in total. The fourth-order valence-corrected chi connectivity index (χ4v) is 1.89. The third-order valence-corrected chi connectivity index (χ3v) is 3.15. The molecule has 0 fully saturated rings. The minimum Gasteiger partial charge on any atom is -0.488 e. The standard InChI is InChI=1S/C15H18O3/c1-10(17)11(2)18-15-8-7-12-5-3-4-6-13(12)14(15)9-16/h3-8,10-11,16-17H,9H2,1-2H3. The summed E-state index contributed by atoms with van der Waals surface area (Å²) < 4.78 is 5.70. The Labute approximate surface area is 107 Å². The summed E-state index contributed by atoms with van der Waals surface area (Å²) >= 11 is 0. The SMILES string of the molecule is CC(O)C(C)Oc1ccc2ccccc2c1CO. The number of rotatable bonds is 4. The van der Waals surface area contributed by atoms with Crippen molar-refractivity contribution in [3.63, 3.8) is 0 Å². The molecule has 0 aromatic heterocycles. The van der Waals surface area contributed by atoms with Crippen molar-refractivity contribution in [3.8, 4) is 5.75 Å². The second-order valence-electron chi connectivity index (χ2n) is 4.49. The van der Waals surface area contributed by atoms with Crippen molar-refractivity contribution in [2.45, 2.75) is 32.7 Å². The molecule has 0 saturated heterocycles. The number of aliphatic hydroxyl groups excluding tert-OH is 2. The van der Waals surface area contributed by atoms with Gasteiger partial charge in [-0.15, -0.1) is 0 Å². The molecule has 0 heterocycles. The zero-order chi connectivity index (χ0) is 13.1. The molecule has 0 aliphatic heterocycles. The summed E-state index contributed by atoms with van der Waals surface area (Å²) in [6, 6.07) is 11.6. The lowest BCUT2D eigenvalue weighted by Crippen LogP contribution is -2.26. The number of aliphatic hydroxyl groups is 2. The summed E-state index contributed by atoms with van der Waals surface area (Å²) in [5.74, 6) is 0.629. The molecular formula is C15H18O3. The molecule has 2 atom stereocenters. The van der Waals surface area contributed by atoms with Crippen LogP contribution in [0.3, 0.4) is 0 Å². The van der Waals surface area contributed by atoms with Crippen molar-refractivity contribution in [1.82, 2.24) is 0 Å². The van der Waals surface area contributed by atoms with Crippen LogP contribution >= 0.6 is 0 Å². The summed E-state index contributed by atoms with van der Waals surface area (Å²) in [6.07, 6.45) is -0.862. The molecular weight excluding hydrogens is 228 g/mol. The molecule has 0 bridgehead atoms. The first-order valence-electron chi connectivity index (χ1n) is 6.09. The van der Waals surface area contributed by atoms with Crippen molar-refractivity contribution in [2.75, 3.05) is 0 Å². The van der Waals surface area contributed by atoms with Crippen molar-refractivity contribution in [1.29, 1.82) is 0 Å². The topological polar surface area (TPSA) is 49.7 Å². The Morgan fingerprint density at radius 2 is 1.83 bits per heavy atom. The van der Waals surface area contributed by atoms with E-state index in [1.165, 1.54) is 0 Å². The minimum atomic E-state index is -0.553. The van der Waals surface area contributed by atoms with Gasteiger partial charge >= 0.3 is 0 Å². The Kier molecular flexibility index (Phi) is 3.84. The molecule has 96 valence electrons. The van der Waals surface area contributed by atoms with Gasteiger partial charge in [-0.1, -0.05) is 30.3 Å². The van der Waals surface area contributed by atoms with Crippen LogP contribution in [0.2, 0.25) is 0 Å². The molecule has 2 rings (SSSR count). The van der Waals surface area contributed by atoms with E-state index in [4.69, 9.17) is 4.74 Å². The normalized spacial score (nSPS) is 14.4. The van der Waals surface area contributed by atoms with Crippen LogP contribution in [0.4, 0.5) is 0 Å². The summed E-state index contributed by atoms with van der Waals surface area (Å²) in [4.78, 5) is 0. The van der Waals surface area contributed by atoms with Crippen LogP contribution in [-0.2, 0) is 6.61 Å². The summed E-state index contributed by atoms with van der Waals surface area (Å²) in [6.45, 7) is 3.41. The van der Waals surface area contributed by atoms with Crippen molar-refractivity contribution < 1.29 is 14.9 Å². The Balaban J connectivity index is 2.45. The van der Waals surface area contributed by atoms with Gasteiger partial charge in [0.15, 0.2) is 0 Å². The van der Waals surface area contributed by atoms with Gasteiger partial charge in [-0.3, -0.25) is 0 Å². The second kappa shape index (κ2) is 5.38. The molecule has 3 heteroatoms. The van der Waals surface area contributed by atoms with E-state index in [9.17, 15) is 10.2 Å². The molecule has 2 aromatic rings. The van der Waals surface area contributed by atoms with Gasteiger partial charge < -0.3 is 14.9 Å². The highest BCUT2D eigenvalue weighted by Crippen LogP contribution is 2.29. The summed E-state index contributed by atoms with van der Waals surface area (Å²) in [7, 11) is 0. The fourth-order valence-electron chi connectivity index (χ4n) is 1.89. The summed E-state index contributed by atoms with van der Waals surface area (Å²) in [5, 5.41) is 21.0. The van der Waals surface area contributed by atoms with Gasteiger partial charge in [-0.2, -0.15) is 0 Å². The van der Waals surface area contributed by atoms with E-state index >= 15 is 0 Å². The molecule has 0 spiro atoms. The van der Waals surface area contributed by atoms with Gasteiger partial charge in [0.05, 0.1) is 12.7 Å². The maximum absolute atomic E-state index is 9.53. The first-order valence-corrected chi connectivity index (χ1v) is 6.09. The monoisotopic (exact) mass is 246 g/mol. The van der Waals surface area contributed by atoms with Gasteiger partial charge in [0, 0.05) is 5.56 Å². The van der Waals surface area contributed by atoms with Crippen molar-refractivity contribution in [3.05, 3.63) is 42.0 Å². The Morgan fingerprint density at radius 3 is 2.50 bits per heavy atom. The molecule has 0 aliphatic carbocycles. The third-order valence-electron chi connectivity index (χ3n) is 3.15. The molecule has 0 radical (unpaired) electrons. The van der Waals surface area contributed by atoms with E-state index in [1.54, 1.807) is 13.8 Å². The maximum atomic E-state index is 9.53. The number of ether oxygens (including phenoxy) is 1. The Hall–Kier alpha value is -1.58. The summed E-state index contributed by atoms with van der Waals surface area (Å²) in [5.41, 5.74) is 0.764. The molecule has 2 aromatic carbocycles. The lowest BCUT2D eigenvalue weighted by atomic mass is 10.0. The van der Waals surface area contributed by atoms with Crippen molar-refractivity contribution >= 4 is 10.8 Å². The highest BCUT2D eigenvalue weighted by atomic mass is 16.5. The van der Waals surface area contributed by atoms with E-state index in [1.807, 2.05) is 36.4 Å². The van der Waals surface area contributed by atoms with Gasteiger partial charge in [0.1, 0.15) is 11.9 Å². The van der Waals surface area contributed by atoms with Crippen LogP contribution in [0.25, 0.3) is 10.8 Å². The molecule has 3 nitrogen and oxygen atoms in total. The first kappa shape index (κ1) is 12.9. The van der Waals surface area contributed by atoms with Crippen LogP contribution < -0.4 is 4.74 Å². The third kappa shape index (κ3) is 2.47. The zero-order valence-electron chi connectivity index (χ0n) is 10.6. The van der Waals surface area contributed by atoms with Crippen LogP contribution in [0.1, 0.15) is 19.4 Å². The van der Waals surface area contributed by atoms with Gasteiger partial charge in [0.25, 0.3) is 0 Å². The average molecular weight is 246 g/mol. The largest absolute Gasteiger partial charge is 0.488 e. The number of benzene rings is 2. The van der Waals surface area contributed by atoms with Crippen molar-refractivity contribution in [2.24, 2.45) is 0 Å². The van der Waals surface area contributed by atoms with E-state index in [0.29, 0.717) is 5.75 Å². The molecule has 0 amide bonds. The fraction of sp³-hybridized carbons (Fsp3) is 0.333. The number of hydrogen-bond donors (Lipinski definition) is 2. The minimum absolute atomic E-state index is 0.0801. The Bertz CT molecular complexity index is 534. The smallest absolute Gasteiger partial charge is 0.126 e. The van der Waals surface area contributed by atoms with E-state index in [-0.39, 0.29) is 12.7 Å². The lowest BCUT2D eigenvalue weighted by Gasteiger charge is -2.20. The van der Waals surface area contributed by atoms with Crippen LogP contribution in [-0.4, -0.2) is 22.4 Å². The van der Waals surface area contributed by atoms with Gasteiger partial charge in [0.2, 0.25) is 0 Å². The van der Waals surface area contributed by atoms with E-state index in [2.05, 4.69) is 0 Å². The predicted molar refractivity (Wildman–Crippen MR) is 71.6 cm³/mol. The lowest BCUT2D eigenvalue weighted by molar-refractivity contribution is 0.0591.